The maximum Gasteiger partial charge on any atom is 0.254 e. The number of halogens is 1. The van der Waals surface area contributed by atoms with E-state index in [9.17, 15) is 14.0 Å². The van der Waals surface area contributed by atoms with Crippen LogP contribution in [0.25, 0.3) is 0 Å². The van der Waals surface area contributed by atoms with Gasteiger partial charge in [-0.05, 0) is 35.9 Å². The van der Waals surface area contributed by atoms with Crippen LogP contribution in [0.4, 0.5) is 4.39 Å². The standard InChI is InChI=1S/C16H12FNO2/c17-13-7-5-11(6-8-13)15(19)10-18-9-12-3-1-2-4-14(12)16(18)20/h1-8H,9-10H2. The molecule has 1 aliphatic heterocycles. The molecule has 100 valence electrons. The van der Waals surface area contributed by atoms with Crippen molar-refractivity contribution in [3.05, 3.63) is 71.0 Å². The van der Waals surface area contributed by atoms with Crippen molar-refractivity contribution in [3.63, 3.8) is 0 Å². The van der Waals surface area contributed by atoms with Crippen molar-refractivity contribution in [2.45, 2.75) is 6.54 Å². The molecule has 0 atom stereocenters. The minimum atomic E-state index is -0.383. The monoisotopic (exact) mass is 269 g/mol. The van der Waals surface area contributed by atoms with Crippen LogP contribution in [0.15, 0.2) is 48.5 Å². The van der Waals surface area contributed by atoms with Gasteiger partial charge in [0.15, 0.2) is 5.78 Å². The number of carbonyl (C=O) groups is 2. The molecule has 0 saturated heterocycles. The molecule has 0 unspecified atom stereocenters. The molecule has 3 nitrogen and oxygen atoms in total. The largest absolute Gasteiger partial charge is 0.327 e. The Morgan fingerprint density at radius 2 is 1.80 bits per heavy atom. The highest BCUT2D eigenvalue weighted by Crippen LogP contribution is 2.22. The quantitative estimate of drug-likeness (QED) is 0.803. The van der Waals surface area contributed by atoms with E-state index in [1.807, 2.05) is 18.2 Å². The average Bonchev–Trinajstić information content (AvgIpc) is 2.77. The van der Waals surface area contributed by atoms with E-state index in [0.29, 0.717) is 17.7 Å². The molecular formula is C16H12FNO2. The molecule has 0 bridgehead atoms. The van der Waals surface area contributed by atoms with Gasteiger partial charge in [-0.3, -0.25) is 9.59 Å². The van der Waals surface area contributed by atoms with Crippen molar-refractivity contribution in [2.75, 3.05) is 6.54 Å². The van der Waals surface area contributed by atoms with Crippen LogP contribution < -0.4 is 0 Å². The Bertz CT molecular complexity index is 679. The lowest BCUT2D eigenvalue weighted by Crippen LogP contribution is -2.30. The second-order valence-electron chi connectivity index (χ2n) is 4.75. The SMILES string of the molecule is O=C(CN1Cc2ccccc2C1=O)c1ccc(F)cc1. The van der Waals surface area contributed by atoms with Crippen LogP contribution in [0.1, 0.15) is 26.3 Å². The van der Waals surface area contributed by atoms with Gasteiger partial charge < -0.3 is 4.90 Å². The molecule has 0 N–H and O–H groups in total. The summed E-state index contributed by atoms with van der Waals surface area (Å²) in [4.78, 5) is 25.7. The van der Waals surface area contributed by atoms with Crippen LogP contribution >= 0.6 is 0 Å². The molecule has 1 heterocycles. The van der Waals surface area contributed by atoms with Crippen LogP contribution in [-0.2, 0) is 6.54 Å². The molecule has 20 heavy (non-hydrogen) atoms. The normalized spacial score (nSPS) is 13.4. The number of Topliss-reactive ketones (excluding diaryl/α,β-unsaturated/α-hetero) is 1. The van der Waals surface area contributed by atoms with E-state index in [2.05, 4.69) is 0 Å². The number of benzene rings is 2. The van der Waals surface area contributed by atoms with Gasteiger partial charge in [0.2, 0.25) is 0 Å². The second kappa shape index (κ2) is 4.89. The average molecular weight is 269 g/mol. The van der Waals surface area contributed by atoms with Crippen molar-refractivity contribution in [3.8, 4) is 0 Å². The molecule has 2 aromatic carbocycles. The second-order valence-corrected chi connectivity index (χ2v) is 4.75. The summed E-state index contributed by atoms with van der Waals surface area (Å²) < 4.78 is 12.8. The molecule has 0 fully saturated rings. The van der Waals surface area contributed by atoms with Gasteiger partial charge in [-0.1, -0.05) is 18.2 Å². The first kappa shape index (κ1) is 12.5. The van der Waals surface area contributed by atoms with Crippen molar-refractivity contribution in [1.29, 1.82) is 0 Å². The number of amides is 1. The Kier molecular flexibility index (Phi) is 3.06. The molecule has 1 aliphatic rings. The number of ketones is 1. The Labute approximate surface area is 115 Å². The molecule has 0 spiro atoms. The number of carbonyl (C=O) groups excluding carboxylic acids is 2. The zero-order chi connectivity index (χ0) is 14.1. The fraction of sp³-hybridized carbons (Fsp3) is 0.125. The minimum Gasteiger partial charge on any atom is -0.327 e. The summed E-state index contributed by atoms with van der Waals surface area (Å²) in [7, 11) is 0. The Balaban J connectivity index is 1.75. The maximum absolute atomic E-state index is 12.8. The first-order chi connectivity index (χ1) is 9.65. The lowest BCUT2D eigenvalue weighted by Gasteiger charge is -2.14. The van der Waals surface area contributed by atoms with E-state index in [1.54, 1.807) is 6.07 Å². The van der Waals surface area contributed by atoms with Crippen LogP contribution in [-0.4, -0.2) is 23.1 Å². The summed E-state index contributed by atoms with van der Waals surface area (Å²) in [5.41, 5.74) is 2.00. The van der Waals surface area contributed by atoms with E-state index >= 15 is 0 Å². The van der Waals surface area contributed by atoms with Gasteiger partial charge in [0, 0.05) is 17.7 Å². The van der Waals surface area contributed by atoms with Gasteiger partial charge in [0.05, 0.1) is 6.54 Å². The van der Waals surface area contributed by atoms with E-state index < -0.39 is 0 Å². The highest BCUT2D eigenvalue weighted by atomic mass is 19.1. The highest BCUT2D eigenvalue weighted by molar-refractivity contribution is 6.04. The van der Waals surface area contributed by atoms with Crippen LogP contribution in [0, 0.1) is 5.82 Å². The molecule has 0 aliphatic carbocycles. The molecule has 4 heteroatoms. The van der Waals surface area contributed by atoms with Crippen molar-refractivity contribution in [1.82, 2.24) is 4.90 Å². The predicted octanol–water partition coefficient (Wildman–Crippen LogP) is 2.66. The lowest BCUT2D eigenvalue weighted by atomic mass is 10.1. The summed E-state index contributed by atoms with van der Waals surface area (Å²) in [6.45, 7) is 0.459. The van der Waals surface area contributed by atoms with Gasteiger partial charge in [-0.15, -0.1) is 0 Å². The fourth-order valence-electron chi connectivity index (χ4n) is 2.34. The van der Waals surface area contributed by atoms with Crippen LogP contribution in [0.2, 0.25) is 0 Å². The number of rotatable bonds is 3. The minimum absolute atomic E-state index is 0.0130. The first-order valence-corrected chi connectivity index (χ1v) is 6.31. The Hall–Kier alpha value is -2.49. The molecule has 0 saturated carbocycles. The van der Waals surface area contributed by atoms with Crippen molar-refractivity contribution in [2.24, 2.45) is 0 Å². The van der Waals surface area contributed by atoms with E-state index in [0.717, 1.165) is 5.56 Å². The molecule has 3 rings (SSSR count). The van der Waals surface area contributed by atoms with Crippen LogP contribution in [0.3, 0.4) is 0 Å². The number of hydrogen-bond acceptors (Lipinski definition) is 2. The number of hydrogen-bond donors (Lipinski definition) is 0. The molecule has 0 aromatic heterocycles. The molecular weight excluding hydrogens is 257 g/mol. The lowest BCUT2D eigenvalue weighted by molar-refractivity contribution is 0.0729. The number of nitrogens with zero attached hydrogens (tertiary/aromatic N) is 1. The topological polar surface area (TPSA) is 37.4 Å². The Morgan fingerprint density at radius 1 is 1.10 bits per heavy atom. The Morgan fingerprint density at radius 3 is 2.50 bits per heavy atom. The van der Waals surface area contributed by atoms with E-state index in [-0.39, 0.29) is 24.1 Å². The maximum atomic E-state index is 12.8. The van der Waals surface area contributed by atoms with E-state index in [1.165, 1.54) is 29.2 Å². The fourth-order valence-corrected chi connectivity index (χ4v) is 2.34. The smallest absolute Gasteiger partial charge is 0.254 e. The third kappa shape index (κ3) is 2.20. The zero-order valence-electron chi connectivity index (χ0n) is 10.7. The summed E-state index contributed by atoms with van der Waals surface area (Å²) in [5, 5.41) is 0. The van der Waals surface area contributed by atoms with E-state index in [4.69, 9.17) is 0 Å². The summed E-state index contributed by atoms with van der Waals surface area (Å²) >= 11 is 0. The third-order valence-electron chi connectivity index (χ3n) is 3.40. The summed E-state index contributed by atoms with van der Waals surface area (Å²) in [6.07, 6.45) is 0. The van der Waals surface area contributed by atoms with Gasteiger partial charge >= 0.3 is 0 Å². The van der Waals surface area contributed by atoms with Gasteiger partial charge in [-0.25, -0.2) is 4.39 Å². The first-order valence-electron chi connectivity index (χ1n) is 6.31. The van der Waals surface area contributed by atoms with Gasteiger partial charge in [0.1, 0.15) is 5.82 Å². The summed E-state index contributed by atoms with van der Waals surface area (Å²) in [5.74, 6) is -0.701. The summed E-state index contributed by atoms with van der Waals surface area (Å²) in [6, 6.07) is 12.7. The van der Waals surface area contributed by atoms with Crippen LogP contribution in [0.5, 0.6) is 0 Å². The third-order valence-corrected chi connectivity index (χ3v) is 3.40. The van der Waals surface area contributed by atoms with Gasteiger partial charge in [0.25, 0.3) is 5.91 Å². The zero-order valence-corrected chi connectivity index (χ0v) is 10.7. The van der Waals surface area contributed by atoms with Crippen molar-refractivity contribution < 1.29 is 14.0 Å². The molecule has 1 amide bonds. The highest BCUT2D eigenvalue weighted by Gasteiger charge is 2.28. The number of fused-ring (bicyclic) bond motifs is 1. The van der Waals surface area contributed by atoms with Gasteiger partial charge in [-0.2, -0.15) is 0 Å². The predicted molar refractivity (Wildman–Crippen MR) is 71.9 cm³/mol. The molecule has 0 radical (unpaired) electrons. The molecule has 2 aromatic rings. The van der Waals surface area contributed by atoms with Crippen molar-refractivity contribution >= 4 is 11.7 Å².